The quantitative estimate of drug-likeness (QED) is 0.770. The molecule has 2 heterocycles. The molecular formula is C20H40N2. The lowest BCUT2D eigenvalue weighted by Gasteiger charge is -2.53. The Hall–Kier alpha value is -0.0800. The molecule has 2 fully saturated rings. The molecule has 0 aliphatic carbocycles. The Balaban J connectivity index is 2.15. The van der Waals surface area contributed by atoms with Crippen molar-refractivity contribution in [2.24, 2.45) is 17.8 Å². The van der Waals surface area contributed by atoms with Crippen molar-refractivity contribution in [3.63, 3.8) is 0 Å². The fraction of sp³-hybridized carbons (Fsp3) is 1.00. The zero-order valence-electron chi connectivity index (χ0n) is 16.6. The molecule has 0 bridgehead atoms. The summed E-state index contributed by atoms with van der Waals surface area (Å²) in [5, 5.41) is 7.68. The lowest BCUT2D eigenvalue weighted by molar-refractivity contribution is 0.0329. The summed E-state index contributed by atoms with van der Waals surface area (Å²) in [5.74, 6) is 2.48. The van der Waals surface area contributed by atoms with Gasteiger partial charge in [-0.3, -0.25) is 0 Å². The number of hydrogen-bond acceptors (Lipinski definition) is 2. The maximum Gasteiger partial charge on any atom is 0.0132 e. The van der Waals surface area contributed by atoms with Gasteiger partial charge in [0.15, 0.2) is 0 Å². The summed E-state index contributed by atoms with van der Waals surface area (Å²) in [5.41, 5.74) is 1.05. The molecule has 0 spiro atoms. The molecule has 0 amide bonds. The maximum atomic E-state index is 3.84. The number of hydrogen-bond donors (Lipinski definition) is 2. The van der Waals surface area contributed by atoms with Crippen molar-refractivity contribution >= 4 is 0 Å². The molecule has 2 N–H and O–H groups in total. The van der Waals surface area contributed by atoms with Crippen LogP contribution < -0.4 is 10.6 Å². The first-order chi connectivity index (χ1) is 9.71. The van der Waals surface area contributed by atoms with E-state index in [9.17, 15) is 0 Å². The highest BCUT2D eigenvalue weighted by atomic mass is 15.1. The third-order valence-corrected chi connectivity index (χ3v) is 5.93. The number of nitrogens with one attached hydrogen (secondary N) is 2. The van der Waals surface area contributed by atoms with Gasteiger partial charge in [-0.15, -0.1) is 0 Å². The smallest absolute Gasteiger partial charge is 0.0132 e. The van der Waals surface area contributed by atoms with Crippen molar-refractivity contribution in [1.82, 2.24) is 10.6 Å². The average molecular weight is 309 g/mol. The third-order valence-electron chi connectivity index (χ3n) is 5.93. The van der Waals surface area contributed by atoms with Crippen molar-refractivity contribution in [1.29, 1.82) is 0 Å². The molecular weight excluding hydrogens is 268 g/mol. The summed E-state index contributed by atoms with van der Waals surface area (Å²) < 4.78 is 0. The molecule has 0 atom stereocenters. The molecule has 0 aromatic rings. The fourth-order valence-corrected chi connectivity index (χ4v) is 5.93. The van der Waals surface area contributed by atoms with Gasteiger partial charge in [0, 0.05) is 22.2 Å². The first-order valence-corrected chi connectivity index (χ1v) is 9.29. The molecule has 0 aromatic heterocycles. The summed E-state index contributed by atoms with van der Waals surface area (Å²) in [4.78, 5) is 0. The van der Waals surface area contributed by atoms with Crippen LogP contribution in [-0.4, -0.2) is 22.2 Å². The third kappa shape index (κ3) is 4.47. The second-order valence-electron chi connectivity index (χ2n) is 11.0. The Labute approximate surface area is 139 Å². The highest BCUT2D eigenvalue weighted by molar-refractivity contribution is 5.02. The monoisotopic (exact) mass is 308 g/mol. The molecule has 0 saturated carbocycles. The summed E-state index contributed by atoms with van der Waals surface area (Å²) in [7, 11) is 0. The van der Waals surface area contributed by atoms with Gasteiger partial charge in [-0.1, -0.05) is 6.92 Å². The van der Waals surface area contributed by atoms with Crippen LogP contribution in [0.1, 0.15) is 88.0 Å². The minimum Gasteiger partial charge on any atom is -0.307 e. The zero-order chi connectivity index (χ0) is 17.0. The Bertz CT molecular complexity index is 336. The van der Waals surface area contributed by atoms with Crippen LogP contribution in [0, 0.1) is 17.8 Å². The van der Waals surface area contributed by atoms with E-state index in [4.69, 9.17) is 0 Å². The van der Waals surface area contributed by atoms with E-state index in [0.717, 1.165) is 17.8 Å². The van der Waals surface area contributed by atoms with Crippen LogP contribution in [0.2, 0.25) is 0 Å². The summed E-state index contributed by atoms with van der Waals surface area (Å²) in [6, 6.07) is 0. The molecule has 130 valence electrons. The normalized spacial score (nSPS) is 31.4. The Morgan fingerprint density at radius 3 is 1.05 bits per heavy atom. The fourth-order valence-electron chi connectivity index (χ4n) is 5.93. The van der Waals surface area contributed by atoms with Crippen molar-refractivity contribution < 1.29 is 0 Å². The van der Waals surface area contributed by atoms with Crippen LogP contribution in [0.5, 0.6) is 0 Å². The molecule has 0 unspecified atom stereocenters. The predicted molar refractivity (Wildman–Crippen MR) is 97.2 cm³/mol. The lowest BCUT2D eigenvalue weighted by atomic mass is 9.63. The minimum absolute atomic E-state index is 0.263. The average Bonchev–Trinajstić information content (AvgIpc) is 2.18. The van der Waals surface area contributed by atoms with E-state index < -0.39 is 0 Å². The van der Waals surface area contributed by atoms with E-state index in [-0.39, 0.29) is 22.2 Å². The van der Waals surface area contributed by atoms with Gasteiger partial charge in [0.05, 0.1) is 0 Å². The van der Waals surface area contributed by atoms with E-state index in [2.05, 4.69) is 72.9 Å². The van der Waals surface area contributed by atoms with Crippen LogP contribution in [0.3, 0.4) is 0 Å². The molecule has 2 rings (SSSR count). The van der Waals surface area contributed by atoms with E-state index in [1.54, 1.807) is 0 Å². The molecule has 22 heavy (non-hydrogen) atoms. The second kappa shape index (κ2) is 5.48. The standard InChI is InChI=1S/C20H40N2/c1-14(15-10-17(2,3)21-18(4,5)11-15)16-12-19(6,7)22-20(8,9)13-16/h14-16,21-22H,10-13H2,1-9H3. The van der Waals surface area contributed by atoms with Crippen molar-refractivity contribution in [2.75, 3.05) is 0 Å². The van der Waals surface area contributed by atoms with Crippen LogP contribution in [-0.2, 0) is 0 Å². The SMILES string of the molecule is CC(C1CC(C)(C)NC(C)(C)C1)C1CC(C)(C)NC(C)(C)C1. The summed E-state index contributed by atoms with van der Waals surface area (Å²) in [6.45, 7) is 21.6. The van der Waals surface area contributed by atoms with Gasteiger partial charge in [-0.05, 0) is 98.8 Å². The number of rotatable bonds is 2. The van der Waals surface area contributed by atoms with Gasteiger partial charge in [0.25, 0.3) is 0 Å². The Morgan fingerprint density at radius 2 is 0.818 bits per heavy atom. The second-order valence-corrected chi connectivity index (χ2v) is 11.0. The zero-order valence-corrected chi connectivity index (χ0v) is 16.6. The molecule has 2 aliphatic rings. The lowest BCUT2D eigenvalue weighted by Crippen LogP contribution is -2.61. The van der Waals surface area contributed by atoms with E-state index in [0.29, 0.717) is 0 Å². The van der Waals surface area contributed by atoms with Crippen molar-refractivity contribution in [2.45, 2.75) is 110 Å². The van der Waals surface area contributed by atoms with Gasteiger partial charge in [-0.25, -0.2) is 0 Å². The van der Waals surface area contributed by atoms with Crippen LogP contribution >= 0.6 is 0 Å². The van der Waals surface area contributed by atoms with Gasteiger partial charge in [-0.2, -0.15) is 0 Å². The molecule has 2 heteroatoms. The van der Waals surface area contributed by atoms with Crippen LogP contribution in [0.25, 0.3) is 0 Å². The van der Waals surface area contributed by atoms with E-state index in [1.807, 2.05) is 0 Å². The van der Waals surface area contributed by atoms with Gasteiger partial charge in [0.2, 0.25) is 0 Å². The molecule has 0 aromatic carbocycles. The first-order valence-electron chi connectivity index (χ1n) is 9.29. The molecule has 2 aliphatic heterocycles. The van der Waals surface area contributed by atoms with Gasteiger partial charge in [0.1, 0.15) is 0 Å². The van der Waals surface area contributed by atoms with Gasteiger partial charge >= 0.3 is 0 Å². The van der Waals surface area contributed by atoms with Gasteiger partial charge < -0.3 is 10.6 Å². The maximum absolute atomic E-state index is 3.84. The van der Waals surface area contributed by atoms with Crippen molar-refractivity contribution in [3.05, 3.63) is 0 Å². The van der Waals surface area contributed by atoms with Crippen LogP contribution in [0.15, 0.2) is 0 Å². The largest absolute Gasteiger partial charge is 0.307 e. The Kier molecular flexibility index (Phi) is 4.55. The molecule has 2 nitrogen and oxygen atoms in total. The van der Waals surface area contributed by atoms with Crippen LogP contribution in [0.4, 0.5) is 0 Å². The van der Waals surface area contributed by atoms with E-state index >= 15 is 0 Å². The molecule has 2 saturated heterocycles. The summed E-state index contributed by atoms with van der Waals surface area (Å²) in [6.07, 6.45) is 5.23. The number of piperidine rings is 2. The van der Waals surface area contributed by atoms with E-state index in [1.165, 1.54) is 25.7 Å². The minimum atomic E-state index is 0.263. The molecule has 0 radical (unpaired) electrons. The highest BCUT2D eigenvalue weighted by Gasteiger charge is 2.45. The first kappa shape index (κ1) is 18.3. The van der Waals surface area contributed by atoms with Crippen molar-refractivity contribution in [3.8, 4) is 0 Å². The summed E-state index contributed by atoms with van der Waals surface area (Å²) >= 11 is 0. The highest BCUT2D eigenvalue weighted by Crippen LogP contribution is 2.45. The Morgan fingerprint density at radius 1 is 0.591 bits per heavy atom. The predicted octanol–water partition coefficient (Wildman–Crippen LogP) is 4.74. The topological polar surface area (TPSA) is 24.1 Å².